The summed E-state index contributed by atoms with van der Waals surface area (Å²) < 4.78 is 4.62. The number of anilines is 1. The number of nitrogens with one attached hydrogen (secondary N) is 2. The number of benzene rings is 1. The van der Waals surface area contributed by atoms with Crippen molar-refractivity contribution in [3.8, 4) is 0 Å². The Morgan fingerprint density at radius 1 is 1.09 bits per heavy atom. The van der Waals surface area contributed by atoms with Gasteiger partial charge in [-0.2, -0.15) is 0 Å². The molecule has 1 saturated heterocycles. The zero-order chi connectivity index (χ0) is 23.8. The predicted octanol–water partition coefficient (Wildman–Crippen LogP) is 2.20. The largest absolute Gasteiger partial charge is 0.465 e. The molecule has 1 fully saturated rings. The number of pyridine rings is 1. The number of hydrogen-bond donors (Lipinski definition) is 2. The Hall–Kier alpha value is -3.40. The van der Waals surface area contributed by atoms with Crippen LogP contribution in [0.5, 0.6) is 0 Å². The highest BCUT2D eigenvalue weighted by molar-refractivity contribution is 7.98. The molecule has 10 heteroatoms. The topological polar surface area (TPSA) is 118 Å². The molecule has 0 bridgehead atoms. The van der Waals surface area contributed by atoms with Gasteiger partial charge in [0, 0.05) is 31.5 Å². The number of amides is 3. The van der Waals surface area contributed by atoms with Crippen LogP contribution < -0.4 is 10.6 Å². The molecule has 1 aromatic carbocycles. The minimum absolute atomic E-state index is 0.0347. The lowest BCUT2D eigenvalue weighted by Gasteiger charge is -2.32. The molecular formula is C23H26N4O5S. The number of rotatable bonds is 6. The lowest BCUT2D eigenvalue weighted by Crippen LogP contribution is -2.43. The van der Waals surface area contributed by atoms with Gasteiger partial charge in [-0.3, -0.25) is 14.4 Å². The maximum Gasteiger partial charge on any atom is 0.337 e. The number of carbonyl (C=O) groups is 4. The smallest absolute Gasteiger partial charge is 0.337 e. The zero-order valence-corrected chi connectivity index (χ0v) is 19.3. The van der Waals surface area contributed by atoms with E-state index in [-0.39, 0.29) is 11.8 Å². The molecule has 9 nitrogen and oxygen atoms in total. The third-order valence-corrected chi connectivity index (χ3v) is 6.13. The van der Waals surface area contributed by atoms with Crippen LogP contribution in [0.1, 0.15) is 33.6 Å². The Kier molecular flexibility index (Phi) is 8.42. The molecule has 3 rings (SSSR count). The van der Waals surface area contributed by atoms with Crippen LogP contribution in [0.3, 0.4) is 0 Å². The minimum Gasteiger partial charge on any atom is -0.465 e. The molecular weight excluding hydrogens is 444 g/mol. The van der Waals surface area contributed by atoms with Crippen molar-refractivity contribution in [2.75, 3.05) is 38.3 Å². The van der Waals surface area contributed by atoms with Gasteiger partial charge in [0.1, 0.15) is 5.03 Å². The Morgan fingerprint density at radius 2 is 1.79 bits per heavy atom. The quantitative estimate of drug-likeness (QED) is 0.378. The summed E-state index contributed by atoms with van der Waals surface area (Å²) in [6.45, 7) is 1.53. The highest BCUT2D eigenvalue weighted by atomic mass is 32.2. The van der Waals surface area contributed by atoms with E-state index in [0.29, 0.717) is 41.5 Å². The van der Waals surface area contributed by atoms with Crippen LogP contribution >= 0.6 is 11.8 Å². The fourth-order valence-corrected chi connectivity index (χ4v) is 4.08. The molecule has 1 aliphatic heterocycles. The van der Waals surface area contributed by atoms with E-state index < -0.39 is 17.8 Å². The Morgan fingerprint density at radius 3 is 2.42 bits per heavy atom. The number of methoxy groups -OCH3 is 1. The summed E-state index contributed by atoms with van der Waals surface area (Å²) in [5.74, 6) is -1.85. The molecule has 0 unspecified atom stereocenters. The zero-order valence-electron chi connectivity index (χ0n) is 18.5. The van der Waals surface area contributed by atoms with Gasteiger partial charge in [-0.1, -0.05) is 0 Å². The molecule has 1 aromatic heterocycles. The third-order valence-electron chi connectivity index (χ3n) is 5.42. The fourth-order valence-electron chi connectivity index (χ4n) is 3.54. The van der Waals surface area contributed by atoms with Gasteiger partial charge in [-0.25, -0.2) is 9.78 Å². The lowest BCUT2D eigenvalue weighted by atomic mass is 9.96. The number of thioether (sulfide) groups is 1. The maximum absolute atomic E-state index is 12.8. The van der Waals surface area contributed by atoms with Crippen molar-refractivity contribution >= 4 is 41.1 Å². The van der Waals surface area contributed by atoms with Crippen molar-refractivity contribution < 1.29 is 23.9 Å². The maximum atomic E-state index is 12.8. The second kappa shape index (κ2) is 11.5. The molecule has 1 aliphatic rings. The SMILES string of the molecule is COC(=O)c1ccc(NC(=O)C(=O)NCC2CCN(C(=O)c3cccnc3SC)CC2)cc1. The van der Waals surface area contributed by atoms with Crippen LogP contribution in [0.2, 0.25) is 0 Å². The predicted molar refractivity (Wildman–Crippen MR) is 124 cm³/mol. The van der Waals surface area contributed by atoms with Crippen LogP contribution in [-0.2, 0) is 14.3 Å². The van der Waals surface area contributed by atoms with E-state index >= 15 is 0 Å². The van der Waals surface area contributed by atoms with Crippen LogP contribution in [0.4, 0.5) is 5.69 Å². The molecule has 0 radical (unpaired) electrons. The van der Waals surface area contributed by atoms with Crippen molar-refractivity contribution in [3.63, 3.8) is 0 Å². The molecule has 0 aliphatic carbocycles. The van der Waals surface area contributed by atoms with Crippen LogP contribution in [-0.4, -0.2) is 66.6 Å². The third kappa shape index (κ3) is 6.32. The van der Waals surface area contributed by atoms with E-state index in [0.717, 1.165) is 12.8 Å². The summed E-state index contributed by atoms with van der Waals surface area (Å²) in [5.41, 5.74) is 1.35. The van der Waals surface area contributed by atoms with E-state index in [1.807, 2.05) is 6.26 Å². The van der Waals surface area contributed by atoms with Crippen LogP contribution in [0, 0.1) is 5.92 Å². The number of hydrogen-bond acceptors (Lipinski definition) is 7. The summed E-state index contributed by atoms with van der Waals surface area (Å²) in [6, 6.07) is 9.59. The first kappa shape index (κ1) is 24.2. The van der Waals surface area contributed by atoms with Crippen molar-refractivity contribution in [1.82, 2.24) is 15.2 Å². The Bertz CT molecular complexity index is 1020. The molecule has 2 N–H and O–H groups in total. The highest BCUT2D eigenvalue weighted by Crippen LogP contribution is 2.22. The average Bonchev–Trinajstić information content (AvgIpc) is 2.87. The summed E-state index contributed by atoms with van der Waals surface area (Å²) in [6.07, 6.45) is 5.03. The molecule has 2 aromatic rings. The Labute approximate surface area is 196 Å². The Balaban J connectivity index is 1.43. The van der Waals surface area contributed by atoms with Gasteiger partial charge < -0.3 is 20.3 Å². The van der Waals surface area contributed by atoms with E-state index in [2.05, 4.69) is 20.4 Å². The second-order valence-electron chi connectivity index (χ2n) is 7.53. The fraction of sp³-hybridized carbons (Fsp3) is 0.348. The molecule has 33 heavy (non-hydrogen) atoms. The van der Waals surface area contributed by atoms with E-state index in [1.54, 1.807) is 23.2 Å². The van der Waals surface area contributed by atoms with Crippen molar-refractivity contribution in [2.45, 2.75) is 17.9 Å². The van der Waals surface area contributed by atoms with Gasteiger partial charge in [0.15, 0.2) is 0 Å². The van der Waals surface area contributed by atoms with Gasteiger partial charge in [0.25, 0.3) is 5.91 Å². The van der Waals surface area contributed by atoms with Crippen LogP contribution in [0.15, 0.2) is 47.6 Å². The number of likely N-dealkylation sites (tertiary alicyclic amines) is 1. The number of piperidine rings is 1. The first-order valence-corrected chi connectivity index (χ1v) is 11.7. The second-order valence-corrected chi connectivity index (χ2v) is 8.32. The molecule has 0 atom stereocenters. The first-order valence-electron chi connectivity index (χ1n) is 10.5. The van der Waals surface area contributed by atoms with Crippen LogP contribution in [0.25, 0.3) is 0 Å². The van der Waals surface area contributed by atoms with E-state index in [1.165, 1.54) is 43.1 Å². The number of aromatic nitrogens is 1. The van der Waals surface area contributed by atoms with Crippen molar-refractivity contribution in [3.05, 3.63) is 53.7 Å². The average molecular weight is 471 g/mol. The summed E-state index contributed by atoms with van der Waals surface area (Å²) in [5, 5.41) is 5.87. The number of ether oxygens (including phenoxy) is 1. The normalized spacial score (nSPS) is 13.8. The molecule has 3 amide bonds. The van der Waals surface area contributed by atoms with E-state index in [4.69, 9.17) is 0 Å². The van der Waals surface area contributed by atoms with Gasteiger partial charge >= 0.3 is 17.8 Å². The van der Waals surface area contributed by atoms with Gasteiger partial charge in [-0.05, 0) is 61.4 Å². The summed E-state index contributed by atoms with van der Waals surface area (Å²) >= 11 is 1.44. The van der Waals surface area contributed by atoms with Gasteiger partial charge in [0.2, 0.25) is 0 Å². The molecule has 2 heterocycles. The monoisotopic (exact) mass is 470 g/mol. The number of nitrogens with zero attached hydrogens (tertiary/aromatic N) is 2. The molecule has 174 valence electrons. The molecule has 0 saturated carbocycles. The van der Waals surface area contributed by atoms with Gasteiger partial charge in [0.05, 0.1) is 18.2 Å². The van der Waals surface area contributed by atoms with E-state index in [9.17, 15) is 19.2 Å². The first-order chi connectivity index (χ1) is 15.9. The van der Waals surface area contributed by atoms with Crippen molar-refractivity contribution in [2.24, 2.45) is 5.92 Å². The molecule has 0 spiro atoms. The number of carbonyl (C=O) groups excluding carboxylic acids is 4. The highest BCUT2D eigenvalue weighted by Gasteiger charge is 2.26. The summed E-state index contributed by atoms with van der Waals surface area (Å²) in [4.78, 5) is 54.6. The van der Waals surface area contributed by atoms with Crippen molar-refractivity contribution in [1.29, 1.82) is 0 Å². The number of esters is 1. The van der Waals surface area contributed by atoms with Gasteiger partial charge in [-0.15, -0.1) is 11.8 Å². The standard InChI is InChI=1S/C23H26N4O5S/c1-32-23(31)16-5-7-17(8-6-16)26-20(29)19(28)25-14-15-9-12-27(13-10-15)22(30)18-4-3-11-24-21(18)33-2/h3-8,11,15H,9-10,12-14H2,1-2H3,(H,25,28)(H,26,29). The minimum atomic E-state index is -0.783. The lowest BCUT2D eigenvalue weighted by molar-refractivity contribution is -0.136. The summed E-state index contributed by atoms with van der Waals surface area (Å²) in [7, 11) is 1.28.